The summed E-state index contributed by atoms with van der Waals surface area (Å²) in [5.74, 6) is -6.14. The Kier molecular flexibility index (Phi) is 13.6. The molecule has 2 heterocycles. The van der Waals surface area contributed by atoms with Gasteiger partial charge in [-0.15, -0.1) is 0 Å². The van der Waals surface area contributed by atoms with E-state index in [1.165, 1.54) is 11.8 Å². The predicted octanol–water partition coefficient (Wildman–Crippen LogP) is -5.41. The number of nitrogens with zero attached hydrogens (tertiary/aromatic N) is 2. The van der Waals surface area contributed by atoms with Crippen molar-refractivity contribution in [3.63, 3.8) is 0 Å². The first kappa shape index (κ1) is 36.3. The number of hydrogen-bond donors (Lipinski definition) is 9. The molecule has 5 atom stereocenters. The maximum atomic E-state index is 13.3. The van der Waals surface area contributed by atoms with Gasteiger partial charge in [0.25, 0.3) is 5.91 Å². The molecule has 45 heavy (non-hydrogen) atoms. The minimum atomic E-state index is -1.43. The molecule has 0 unspecified atom stereocenters. The molecule has 248 valence electrons. The van der Waals surface area contributed by atoms with E-state index in [1.807, 2.05) is 0 Å². The number of rotatable bonds is 14. The molecule has 19 nitrogen and oxygen atoms in total. The molecule has 0 radical (unpaired) electrons. The van der Waals surface area contributed by atoms with Crippen LogP contribution in [0.3, 0.4) is 0 Å². The molecule has 2 aliphatic heterocycles. The molecular weight excluding hydrogens is 614 g/mol. The highest BCUT2D eigenvalue weighted by molar-refractivity contribution is 7.82. The predicted molar refractivity (Wildman–Crippen MR) is 161 cm³/mol. The van der Waals surface area contributed by atoms with E-state index in [-0.39, 0.29) is 57.1 Å². The second-order valence-electron chi connectivity index (χ2n) is 10.5. The van der Waals surface area contributed by atoms with Crippen molar-refractivity contribution in [2.45, 2.75) is 82.1 Å². The average Bonchev–Trinajstić information content (AvgIpc) is 3.62. The lowest BCUT2D eigenvalue weighted by atomic mass is 10.1. The summed E-state index contributed by atoms with van der Waals surface area (Å²) in [6.45, 7) is 1.66. The van der Waals surface area contributed by atoms with Gasteiger partial charge in [-0.3, -0.25) is 43.3 Å². The Balaban J connectivity index is 2.08. The number of thiocarbonyl (C=S) groups is 1. The van der Waals surface area contributed by atoms with Gasteiger partial charge in [0.15, 0.2) is 10.9 Å². The van der Waals surface area contributed by atoms with Crippen LogP contribution >= 0.6 is 12.2 Å². The van der Waals surface area contributed by atoms with Crippen LogP contribution in [0, 0.1) is 0 Å². The van der Waals surface area contributed by atoms with Crippen LogP contribution in [0.5, 0.6) is 0 Å². The van der Waals surface area contributed by atoms with Crippen molar-refractivity contribution in [3.8, 4) is 0 Å². The Bertz CT molecular complexity index is 1260. The Morgan fingerprint density at radius 1 is 0.978 bits per heavy atom. The maximum Gasteiger partial charge on any atom is 0.276 e. The lowest BCUT2D eigenvalue weighted by molar-refractivity contribution is -0.142. The van der Waals surface area contributed by atoms with E-state index in [2.05, 4.69) is 31.6 Å². The van der Waals surface area contributed by atoms with Crippen LogP contribution in [-0.2, 0) is 38.4 Å². The smallest absolute Gasteiger partial charge is 0.276 e. The molecule has 13 N–H and O–H groups in total. The summed E-state index contributed by atoms with van der Waals surface area (Å²) >= 11 is 4.75. The first-order valence-electron chi connectivity index (χ1n) is 14.1. The van der Waals surface area contributed by atoms with E-state index in [9.17, 15) is 38.4 Å². The number of aliphatic imine (C=N–C) groups is 1. The lowest BCUT2D eigenvalue weighted by Gasteiger charge is -2.29. The van der Waals surface area contributed by atoms with E-state index >= 15 is 0 Å². The van der Waals surface area contributed by atoms with E-state index in [1.54, 1.807) is 0 Å². The first-order valence-corrected chi connectivity index (χ1v) is 14.5. The zero-order valence-corrected chi connectivity index (χ0v) is 25.4. The summed E-state index contributed by atoms with van der Waals surface area (Å²) in [6.07, 6.45) is 0.746. The standard InChI is InChI=1S/C25H39N11O8S/c1-11(31-21(42)14(10-16(26)37)34-19(40)13-6-7-17(38)32-13)24(44)36-9-3-5-15(36)22(43)33-12(4-2-8-30-25(28)29)20(41)35-23(45)18(27)39/h11-15H,2-10H2,1H3,(H2,26,37)(H2,27,39)(H,31,42)(H,32,38)(H,33,43)(H,34,40)(H4,28,29,30)(H,35,41,45)/t11-,12-,13-,14-,15-/m0/s1. The Morgan fingerprint density at radius 2 is 1.64 bits per heavy atom. The minimum absolute atomic E-state index is 0.0420. The number of carbonyl (C=O) groups excluding carboxylic acids is 8. The van der Waals surface area contributed by atoms with Gasteiger partial charge in [0.1, 0.15) is 30.2 Å². The van der Waals surface area contributed by atoms with Crippen LogP contribution < -0.4 is 49.5 Å². The first-order chi connectivity index (χ1) is 21.1. The van der Waals surface area contributed by atoms with E-state index in [0.717, 1.165) is 0 Å². The zero-order valence-electron chi connectivity index (χ0n) is 24.6. The molecule has 0 aromatic rings. The van der Waals surface area contributed by atoms with Crippen LogP contribution in [0.4, 0.5) is 0 Å². The van der Waals surface area contributed by atoms with Crippen molar-refractivity contribution in [3.05, 3.63) is 0 Å². The second-order valence-corrected chi connectivity index (χ2v) is 10.9. The SMILES string of the molecule is C[C@H](NC(=O)[C@H](CC(N)=O)NC(=O)[C@@H]1CCC(=O)N1)C(=O)N1CCC[C@H]1C(=O)N[C@@H](CCCN=C(N)N)C(=O)NC(=S)C(N)=O. The highest BCUT2D eigenvalue weighted by Crippen LogP contribution is 2.19. The summed E-state index contributed by atoms with van der Waals surface area (Å²) in [4.78, 5) is 104. The highest BCUT2D eigenvalue weighted by Gasteiger charge is 2.39. The number of nitrogens with one attached hydrogen (secondary N) is 5. The molecule has 20 heteroatoms. The van der Waals surface area contributed by atoms with Crippen molar-refractivity contribution in [2.75, 3.05) is 13.1 Å². The second kappa shape index (κ2) is 16.8. The largest absolute Gasteiger partial charge is 0.370 e. The number of amides is 8. The maximum absolute atomic E-state index is 13.3. The Morgan fingerprint density at radius 3 is 2.22 bits per heavy atom. The molecule has 8 amide bonds. The topological polar surface area (TPSA) is 316 Å². The normalized spacial score (nSPS) is 19.2. The fourth-order valence-corrected chi connectivity index (χ4v) is 4.82. The monoisotopic (exact) mass is 653 g/mol. The summed E-state index contributed by atoms with van der Waals surface area (Å²) in [5.41, 5.74) is 21.0. The van der Waals surface area contributed by atoms with Gasteiger partial charge in [-0.2, -0.15) is 0 Å². The number of hydrogen-bond acceptors (Lipinski definition) is 10. The van der Waals surface area contributed by atoms with Gasteiger partial charge in [-0.25, -0.2) is 0 Å². The molecule has 0 spiro atoms. The van der Waals surface area contributed by atoms with Crippen molar-refractivity contribution in [1.82, 2.24) is 31.5 Å². The van der Waals surface area contributed by atoms with Gasteiger partial charge < -0.3 is 54.4 Å². The average molecular weight is 654 g/mol. The summed E-state index contributed by atoms with van der Waals surface area (Å²) < 4.78 is 0. The molecule has 2 aliphatic rings. The van der Waals surface area contributed by atoms with Crippen LogP contribution in [0.2, 0.25) is 0 Å². The van der Waals surface area contributed by atoms with Crippen LogP contribution in [0.15, 0.2) is 4.99 Å². The highest BCUT2D eigenvalue weighted by atomic mass is 32.1. The number of likely N-dealkylation sites (tertiary alicyclic amines) is 1. The molecule has 2 saturated heterocycles. The molecule has 0 aliphatic carbocycles. The molecule has 0 aromatic carbocycles. The molecule has 2 rings (SSSR count). The Labute approximate surface area is 263 Å². The fourth-order valence-electron chi connectivity index (χ4n) is 4.72. The van der Waals surface area contributed by atoms with Crippen molar-refractivity contribution >= 4 is 70.4 Å². The van der Waals surface area contributed by atoms with Crippen molar-refractivity contribution < 1.29 is 38.4 Å². The molecule has 0 saturated carbocycles. The fraction of sp³-hybridized carbons (Fsp3) is 0.600. The van der Waals surface area contributed by atoms with Crippen LogP contribution in [0.25, 0.3) is 0 Å². The number of guanidine groups is 1. The summed E-state index contributed by atoms with van der Waals surface area (Å²) in [7, 11) is 0. The zero-order chi connectivity index (χ0) is 33.8. The van der Waals surface area contributed by atoms with Crippen LogP contribution in [-0.4, -0.2) is 106 Å². The third kappa shape index (κ3) is 11.3. The van der Waals surface area contributed by atoms with Gasteiger partial charge in [0, 0.05) is 19.5 Å². The van der Waals surface area contributed by atoms with E-state index < -0.39 is 83.0 Å². The molecule has 2 fully saturated rings. The van der Waals surface area contributed by atoms with Crippen molar-refractivity contribution in [1.29, 1.82) is 0 Å². The van der Waals surface area contributed by atoms with Gasteiger partial charge in [-0.1, -0.05) is 12.2 Å². The van der Waals surface area contributed by atoms with Gasteiger partial charge in [-0.05, 0) is 39.0 Å². The lowest BCUT2D eigenvalue weighted by Crippen LogP contribution is -2.58. The van der Waals surface area contributed by atoms with E-state index in [4.69, 9.17) is 35.2 Å². The van der Waals surface area contributed by atoms with Crippen LogP contribution in [0.1, 0.15) is 51.9 Å². The Hall–Kier alpha value is -4.88. The third-order valence-corrected chi connectivity index (χ3v) is 7.26. The van der Waals surface area contributed by atoms with Gasteiger partial charge >= 0.3 is 0 Å². The van der Waals surface area contributed by atoms with Crippen molar-refractivity contribution in [2.24, 2.45) is 27.9 Å². The summed E-state index contributed by atoms with van der Waals surface area (Å²) in [5, 5.41) is 12.0. The van der Waals surface area contributed by atoms with E-state index in [0.29, 0.717) is 6.42 Å². The molecular formula is C25H39N11O8S. The van der Waals surface area contributed by atoms with Gasteiger partial charge in [0.05, 0.1) is 6.42 Å². The van der Waals surface area contributed by atoms with Gasteiger partial charge in [0.2, 0.25) is 41.4 Å². The number of primary amides is 2. The molecule has 0 bridgehead atoms. The number of nitrogens with two attached hydrogens (primary N) is 4. The molecule has 0 aromatic heterocycles. The third-order valence-electron chi connectivity index (χ3n) is 6.96. The quantitative estimate of drug-likeness (QED) is 0.0369. The summed E-state index contributed by atoms with van der Waals surface area (Å²) in [6, 6.07) is -5.71. The minimum Gasteiger partial charge on any atom is -0.370 e. The number of carbonyl (C=O) groups is 8.